The number of hydrogen-bond donors (Lipinski definition) is 3. The maximum absolute atomic E-state index is 11.1. The lowest BCUT2D eigenvalue weighted by Crippen LogP contribution is -2.48. The van der Waals surface area contributed by atoms with E-state index in [-0.39, 0.29) is 17.2 Å². The van der Waals surface area contributed by atoms with Crippen LogP contribution in [0.4, 0.5) is 0 Å². The molecule has 196 valence electrons. The molecule has 7 nitrogen and oxygen atoms in total. The average molecular weight is 490 g/mol. The van der Waals surface area contributed by atoms with Crippen LogP contribution < -0.4 is 5.32 Å². The third-order valence-corrected chi connectivity index (χ3v) is 11.7. The molecule has 33 heavy (non-hydrogen) atoms. The zero-order chi connectivity index (χ0) is 25.4. The van der Waals surface area contributed by atoms with Gasteiger partial charge in [-0.1, -0.05) is 27.7 Å². The van der Waals surface area contributed by atoms with E-state index < -0.39 is 26.2 Å². The molecule has 0 amide bonds. The quantitative estimate of drug-likeness (QED) is 0.436. The first-order chi connectivity index (χ1) is 15.1. The van der Waals surface area contributed by atoms with Crippen LogP contribution in [0.25, 0.3) is 0 Å². The number of ether oxygens (including phenoxy) is 2. The van der Waals surface area contributed by atoms with Crippen LogP contribution in [0.15, 0.2) is 0 Å². The van der Waals surface area contributed by atoms with Crippen LogP contribution in [0.3, 0.4) is 0 Å². The molecule has 2 saturated heterocycles. The number of carboxylic acids is 1. The molecular weight excluding hydrogens is 438 g/mol. The normalized spacial score (nSPS) is 28.1. The summed E-state index contributed by atoms with van der Waals surface area (Å²) in [7, 11) is -1.93. The van der Waals surface area contributed by atoms with Crippen molar-refractivity contribution in [2.45, 2.75) is 135 Å². The highest BCUT2D eigenvalue weighted by atomic mass is 28.4. The minimum atomic E-state index is -1.93. The van der Waals surface area contributed by atoms with Crippen molar-refractivity contribution in [3.63, 3.8) is 0 Å². The number of nitrogens with one attached hydrogen (secondary N) is 1. The van der Waals surface area contributed by atoms with Gasteiger partial charge in [0.2, 0.25) is 0 Å². The molecule has 2 rings (SSSR count). The minimum absolute atomic E-state index is 0.0127. The molecule has 0 aromatic rings. The number of hydrogen-bond acceptors (Lipinski definition) is 6. The fourth-order valence-electron chi connectivity index (χ4n) is 4.29. The number of carbonyl (C=O) groups is 1. The second kappa shape index (κ2) is 13.0. The van der Waals surface area contributed by atoms with Gasteiger partial charge in [0.1, 0.15) is 0 Å². The van der Waals surface area contributed by atoms with Crippen molar-refractivity contribution in [1.29, 1.82) is 0 Å². The van der Waals surface area contributed by atoms with E-state index in [2.05, 4.69) is 46.1 Å². The van der Waals surface area contributed by atoms with Crippen LogP contribution in [0, 0.1) is 5.92 Å². The molecule has 3 N–H and O–H groups in total. The summed E-state index contributed by atoms with van der Waals surface area (Å²) >= 11 is 0. The Labute approximate surface area is 203 Å². The SMILES string of the molecule is CC(=O)O.CCC(O[Si](C)(C)C(C)(C)C)[C@@H](O)C[C@@H]1CC[C@@H]([C@H]2CCCN2)COC(C)(C)O1. The number of aliphatic carboxylic acids is 1. The van der Waals surface area contributed by atoms with Gasteiger partial charge in [0.05, 0.1) is 24.9 Å². The molecule has 5 atom stereocenters. The zero-order valence-electron chi connectivity index (χ0n) is 22.6. The number of carboxylic acid groups (broad SMARTS) is 1. The van der Waals surface area contributed by atoms with E-state index in [1.807, 2.05) is 13.8 Å². The van der Waals surface area contributed by atoms with Crippen LogP contribution in [0.2, 0.25) is 18.1 Å². The molecule has 8 heteroatoms. The van der Waals surface area contributed by atoms with Gasteiger partial charge >= 0.3 is 0 Å². The first-order valence-electron chi connectivity index (χ1n) is 12.7. The van der Waals surface area contributed by atoms with Crippen molar-refractivity contribution in [1.82, 2.24) is 5.32 Å². The van der Waals surface area contributed by atoms with Crippen molar-refractivity contribution in [3.05, 3.63) is 0 Å². The van der Waals surface area contributed by atoms with Gasteiger partial charge < -0.3 is 29.4 Å². The Morgan fingerprint density at radius 3 is 2.33 bits per heavy atom. The van der Waals surface area contributed by atoms with Crippen LogP contribution >= 0.6 is 0 Å². The molecule has 0 bridgehead atoms. The molecule has 0 saturated carbocycles. The monoisotopic (exact) mass is 489 g/mol. The fraction of sp³-hybridized carbons (Fsp3) is 0.960. The average Bonchev–Trinajstić information content (AvgIpc) is 3.17. The van der Waals surface area contributed by atoms with Crippen molar-refractivity contribution in [2.24, 2.45) is 5.92 Å². The van der Waals surface area contributed by atoms with Crippen LogP contribution in [-0.4, -0.2) is 67.8 Å². The summed E-state index contributed by atoms with van der Waals surface area (Å²) in [6.07, 6.45) is 5.28. The van der Waals surface area contributed by atoms with Gasteiger partial charge in [-0.2, -0.15) is 0 Å². The lowest BCUT2D eigenvalue weighted by molar-refractivity contribution is -0.258. The van der Waals surface area contributed by atoms with Crippen molar-refractivity contribution >= 4 is 14.3 Å². The van der Waals surface area contributed by atoms with Gasteiger partial charge in [-0.15, -0.1) is 0 Å². The Morgan fingerprint density at radius 2 is 1.85 bits per heavy atom. The van der Waals surface area contributed by atoms with E-state index >= 15 is 0 Å². The predicted octanol–water partition coefficient (Wildman–Crippen LogP) is 4.93. The summed E-state index contributed by atoms with van der Waals surface area (Å²) in [5, 5.41) is 22.3. The van der Waals surface area contributed by atoms with E-state index in [1.165, 1.54) is 12.8 Å². The standard InChI is InChI=1S/C23H47NO4Si.C2H4O2/c1-9-21(28-29(7,8)22(2,3)4)20(25)15-18-13-12-17(19-11-10-14-24-19)16-26-23(5,6)27-18;1-2(3)4/h17-21,24-25H,9-16H2,1-8H3;1H3,(H,3,4)/t17-,18+,19-,20+,21?;/m1./s1. The van der Waals surface area contributed by atoms with Gasteiger partial charge in [-0.05, 0) is 76.5 Å². The molecular formula is C25H51NO6Si. The van der Waals surface area contributed by atoms with Gasteiger partial charge in [0.25, 0.3) is 5.97 Å². The van der Waals surface area contributed by atoms with E-state index in [0.29, 0.717) is 18.4 Å². The summed E-state index contributed by atoms with van der Waals surface area (Å²) in [5.74, 6) is -0.935. The third-order valence-electron chi connectivity index (χ3n) is 7.21. The van der Waals surface area contributed by atoms with E-state index in [0.717, 1.165) is 39.3 Å². The maximum Gasteiger partial charge on any atom is 0.300 e. The molecule has 2 aliphatic heterocycles. The second-order valence-electron chi connectivity index (χ2n) is 11.6. The topological polar surface area (TPSA) is 97.3 Å². The molecule has 2 fully saturated rings. The highest BCUT2D eigenvalue weighted by Gasteiger charge is 2.41. The van der Waals surface area contributed by atoms with Gasteiger partial charge in [-0.25, -0.2) is 0 Å². The van der Waals surface area contributed by atoms with E-state index in [1.54, 1.807) is 0 Å². The Hall–Kier alpha value is -0.513. The van der Waals surface area contributed by atoms with Gasteiger partial charge in [0.15, 0.2) is 14.1 Å². The highest BCUT2D eigenvalue weighted by Crippen LogP contribution is 2.38. The highest BCUT2D eigenvalue weighted by molar-refractivity contribution is 6.74. The molecule has 0 radical (unpaired) electrons. The lowest BCUT2D eigenvalue weighted by atomic mass is 9.90. The fourth-order valence-corrected chi connectivity index (χ4v) is 5.73. The predicted molar refractivity (Wildman–Crippen MR) is 135 cm³/mol. The first-order valence-corrected chi connectivity index (χ1v) is 15.6. The van der Waals surface area contributed by atoms with E-state index in [4.69, 9.17) is 23.8 Å². The second-order valence-corrected chi connectivity index (χ2v) is 16.4. The number of aliphatic hydroxyl groups is 1. The summed E-state index contributed by atoms with van der Waals surface area (Å²) < 4.78 is 19.0. The Bertz CT molecular complexity index is 582. The van der Waals surface area contributed by atoms with Crippen molar-refractivity contribution in [3.8, 4) is 0 Å². The third kappa shape index (κ3) is 10.7. The lowest BCUT2D eigenvalue weighted by Gasteiger charge is -2.41. The summed E-state index contributed by atoms with van der Waals surface area (Å²) in [6, 6.07) is 0.555. The van der Waals surface area contributed by atoms with Gasteiger partial charge in [-0.3, -0.25) is 4.79 Å². The maximum atomic E-state index is 11.1. The van der Waals surface area contributed by atoms with Crippen LogP contribution in [0.1, 0.15) is 87.0 Å². The smallest absolute Gasteiger partial charge is 0.300 e. The molecule has 0 aromatic carbocycles. The zero-order valence-corrected chi connectivity index (χ0v) is 23.6. The first kappa shape index (κ1) is 30.5. The number of aliphatic hydroxyl groups excluding tert-OH is 1. The molecule has 2 heterocycles. The van der Waals surface area contributed by atoms with Gasteiger partial charge in [0, 0.05) is 19.4 Å². The molecule has 2 aliphatic rings. The Kier molecular flexibility index (Phi) is 12.0. The largest absolute Gasteiger partial charge is 0.481 e. The minimum Gasteiger partial charge on any atom is -0.481 e. The Balaban J connectivity index is 0.00000125. The number of rotatable bonds is 7. The summed E-state index contributed by atoms with van der Waals surface area (Å²) in [6.45, 7) is 20.3. The van der Waals surface area contributed by atoms with Crippen molar-refractivity contribution in [2.75, 3.05) is 13.2 Å². The van der Waals surface area contributed by atoms with Crippen LogP contribution in [0.5, 0.6) is 0 Å². The molecule has 1 unspecified atom stereocenters. The van der Waals surface area contributed by atoms with Crippen molar-refractivity contribution < 1.29 is 28.9 Å². The van der Waals surface area contributed by atoms with Crippen LogP contribution in [-0.2, 0) is 18.7 Å². The summed E-state index contributed by atoms with van der Waals surface area (Å²) in [4.78, 5) is 9.00. The molecule has 0 aliphatic carbocycles. The van der Waals surface area contributed by atoms with E-state index in [9.17, 15) is 5.11 Å². The Morgan fingerprint density at radius 1 is 1.24 bits per heavy atom. The summed E-state index contributed by atoms with van der Waals surface area (Å²) in [5.41, 5.74) is 0. The molecule has 0 aromatic heterocycles. The molecule has 0 spiro atoms.